The van der Waals surface area contributed by atoms with Gasteiger partial charge in [0, 0.05) is 6.04 Å². The van der Waals surface area contributed by atoms with Crippen molar-refractivity contribution in [2.24, 2.45) is 0 Å². The van der Waals surface area contributed by atoms with Gasteiger partial charge in [-0.05, 0) is 38.8 Å². The monoisotopic (exact) mass is 343 g/mol. The Labute approximate surface area is 145 Å². The summed E-state index contributed by atoms with van der Waals surface area (Å²) in [6, 6.07) is 0.614. The van der Waals surface area contributed by atoms with Gasteiger partial charge in [0.2, 0.25) is 0 Å². The van der Waals surface area contributed by atoms with Gasteiger partial charge in [-0.15, -0.1) is 17.5 Å². The van der Waals surface area contributed by atoms with Crippen LogP contribution in [0.5, 0.6) is 0 Å². The minimum Gasteiger partial charge on any atom is -0.348 e. The predicted molar refractivity (Wildman–Crippen MR) is 94.1 cm³/mol. The second-order valence-electron chi connectivity index (χ2n) is 6.17. The van der Waals surface area contributed by atoms with Crippen LogP contribution >= 0.6 is 12.4 Å². The normalized spacial score (nSPS) is 16.6. The molecule has 1 aliphatic rings. The van der Waals surface area contributed by atoms with Crippen molar-refractivity contribution in [2.45, 2.75) is 70.9 Å². The number of nitrogens with zero attached hydrogens (tertiary/aromatic N) is 3. The summed E-state index contributed by atoms with van der Waals surface area (Å²) in [5.41, 5.74) is 0.441. The van der Waals surface area contributed by atoms with Crippen LogP contribution in [-0.2, 0) is 0 Å². The number of hydrogen-bond donors (Lipinski definition) is 2. The molecule has 0 bridgehead atoms. The Balaban J connectivity index is 0.00000264. The Kier molecular flexibility index (Phi) is 9.17. The van der Waals surface area contributed by atoms with E-state index in [1.807, 2.05) is 4.68 Å². The smallest absolute Gasteiger partial charge is 0.273 e. The zero-order chi connectivity index (χ0) is 15.8. The van der Waals surface area contributed by atoms with Crippen molar-refractivity contribution in [3.05, 3.63) is 11.9 Å². The maximum Gasteiger partial charge on any atom is 0.273 e. The van der Waals surface area contributed by atoms with E-state index in [0.29, 0.717) is 11.7 Å². The molecule has 0 aliphatic carbocycles. The fourth-order valence-corrected chi connectivity index (χ4v) is 2.98. The Morgan fingerprint density at radius 3 is 2.74 bits per heavy atom. The third-order valence-electron chi connectivity index (χ3n) is 4.30. The molecule has 1 aromatic rings. The maximum atomic E-state index is 12.3. The highest BCUT2D eigenvalue weighted by Crippen LogP contribution is 2.17. The van der Waals surface area contributed by atoms with E-state index in [-0.39, 0.29) is 24.4 Å². The highest BCUT2D eigenvalue weighted by molar-refractivity contribution is 5.92. The first-order valence-corrected chi connectivity index (χ1v) is 8.68. The van der Waals surface area contributed by atoms with Crippen molar-refractivity contribution in [3.8, 4) is 0 Å². The van der Waals surface area contributed by atoms with Crippen LogP contribution in [0.2, 0.25) is 0 Å². The van der Waals surface area contributed by atoms with Crippen molar-refractivity contribution in [1.29, 1.82) is 0 Å². The van der Waals surface area contributed by atoms with Crippen LogP contribution < -0.4 is 10.6 Å². The topological polar surface area (TPSA) is 71.8 Å². The van der Waals surface area contributed by atoms with E-state index >= 15 is 0 Å². The summed E-state index contributed by atoms with van der Waals surface area (Å²) in [6.45, 7) is 6.33. The van der Waals surface area contributed by atoms with Crippen LogP contribution in [0.4, 0.5) is 0 Å². The van der Waals surface area contributed by atoms with E-state index in [2.05, 4.69) is 34.8 Å². The predicted octanol–water partition coefficient (Wildman–Crippen LogP) is 2.71. The number of piperidine rings is 1. The third kappa shape index (κ3) is 6.11. The minimum atomic E-state index is -0.0882. The summed E-state index contributed by atoms with van der Waals surface area (Å²) in [4.78, 5) is 12.3. The Hall–Kier alpha value is -1.14. The van der Waals surface area contributed by atoms with E-state index in [1.165, 1.54) is 0 Å². The van der Waals surface area contributed by atoms with Gasteiger partial charge in [0.25, 0.3) is 5.91 Å². The molecule has 0 radical (unpaired) electrons. The molecule has 1 aromatic heterocycles. The lowest BCUT2D eigenvalue weighted by Crippen LogP contribution is -2.35. The number of carbonyl (C=O) groups is 1. The van der Waals surface area contributed by atoms with E-state index in [0.717, 1.165) is 58.0 Å². The second kappa shape index (κ2) is 10.6. The Bertz CT molecular complexity index is 459. The average Bonchev–Trinajstić information content (AvgIpc) is 3.04. The maximum absolute atomic E-state index is 12.3. The van der Waals surface area contributed by atoms with Gasteiger partial charge in [0.1, 0.15) is 0 Å². The standard InChI is InChI=1S/C16H29N5O.ClH/c1-3-5-7-13(6-4-2)18-16(22)15-12-21(20-19-15)14-8-10-17-11-9-14;/h12-14,17H,3-11H2,1-2H3,(H,18,22);1H. The first-order valence-electron chi connectivity index (χ1n) is 8.68. The first kappa shape index (κ1) is 19.9. The van der Waals surface area contributed by atoms with Crippen molar-refractivity contribution >= 4 is 18.3 Å². The van der Waals surface area contributed by atoms with E-state index in [4.69, 9.17) is 0 Å². The molecule has 1 amide bonds. The molecule has 6 nitrogen and oxygen atoms in total. The highest BCUT2D eigenvalue weighted by Gasteiger charge is 2.20. The molecule has 132 valence electrons. The van der Waals surface area contributed by atoms with Gasteiger partial charge >= 0.3 is 0 Å². The van der Waals surface area contributed by atoms with Crippen molar-refractivity contribution in [2.75, 3.05) is 13.1 Å². The molecular formula is C16H30ClN5O. The molecule has 0 aromatic carbocycles. The van der Waals surface area contributed by atoms with Crippen LogP contribution in [-0.4, -0.2) is 40.0 Å². The molecule has 7 heteroatoms. The fraction of sp³-hybridized carbons (Fsp3) is 0.812. The van der Waals surface area contributed by atoms with E-state index in [1.54, 1.807) is 6.20 Å². The van der Waals surface area contributed by atoms with Crippen molar-refractivity contribution in [1.82, 2.24) is 25.6 Å². The second-order valence-corrected chi connectivity index (χ2v) is 6.17. The number of amides is 1. The van der Waals surface area contributed by atoms with Crippen molar-refractivity contribution < 1.29 is 4.79 Å². The molecule has 1 fully saturated rings. The molecular weight excluding hydrogens is 314 g/mol. The van der Waals surface area contributed by atoms with Crippen LogP contribution in [0, 0.1) is 0 Å². The summed E-state index contributed by atoms with van der Waals surface area (Å²) in [5.74, 6) is -0.0882. The summed E-state index contributed by atoms with van der Waals surface area (Å²) in [5, 5.41) is 14.7. The van der Waals surface area contributed by atoms with E-state index < -0.39 is 0 Å². The number of aromatic nitrogens is 3. The lowest BCUT2D eigenvalue weighted by atomic mass is 10.1. The Morgan fingerprint density at radius 1 is 1.35 bits per heavy atom. The molecule has 0 saturated carbocycles. The lowest BCUT2D eigenvalue weighted by molar-refractivity contribution is 0.0927. The number of unbranched alkanes of at least 4 members (excludes halogenated alkanes) is 1. The summed E-state index contributed by atoms with van der Waals surface area (Å²) < 4.78 is 1.86. The highest BCUT2D eigenvalue weighted by atomic mass is 35.5. The van der Waals surface area contributed by atoms with Crippen molar-refractivity contribution in [3.63, 3.8) is 0 Å². The van der Waals surface area contributed by atoms with Gasteiger partial charge in [-0.1, -0.05) is 38.3 Å². The van der Waals surface area contributed by atoms with Gasteiger partial charge in [0.15, 0.2) is 5.69 Å². The molecule has 2 rings (SSSR count). The molecule has 2 N–H and O–H groups in total. The van der Waals surface area contributed by atoms with Gasteiger partial charge in [-0.3, -0.25) is 4.79 Å². The Morgan fingerprint density at radius 2 is 2.09 bits per heavy atom. The molecule has 1 aliphatic heterocycles. The summed E-state index contributed by atoms with van der Waals surface area (Å²) in [6.07, 6.45) is 9.32. The minimum absolute atomic E-state index is 0. The molecule has 1 unspecified atom stereocenters. The largest absolute Gasteiger partial charge is 0.348 e. The lowest BCUT2D eigenvalue weighted by Gasteiger charge is -2.22. The zero-order valence-corrected chi connectivity index (χ0v) is 15.1. The number of hydrogen-bond acceptors (Lipinski definition) is 4. The fourth-order valence-electron chi connectivity index (χ4n) is 2.98. The third-order valence-corrected chi connectivity index (χ3v) is 4.30. The molecule has 23 heavy (non-hydrogen) atoms. The van der Waals surface area contributed by atoms with Crippen LogP contribution in [0.25, 0.3) is 0 Å². The summed E-state index contributed by atoms with van der Waals surface area (Å²) >= 11 is 0. The van der Waals surface area contributed by atoms with Crippen LogP contribution in [0.1, 0.15) is 75.3 Å². The zero-order valence-electron chi connectivity index (χ0n) is 14.3. The van der Waals surface area contributed by atoms with Gasteiger partial charge < -0.3 is 10.6 Å². The first-order chi connectivity index (χ1) is 10.7. The number of nitrogens with one attached hydrogen (secondary N) is 2. The number of carbonyl (C=O) groups excluding carboxylic acids is 1. The van der Waals surface area contributed by atoms with Gasteiger partial charge in [-0.2, -0.15) is 0 Å². The van der Waals surface area contributed by atoms with Gasteiger partial charge in [0.05, 0.1) is 12.2 Å². The van der Waals surface area contributed by atoms with E-state index in [9.17, 15) is 4.79 Å². The van der Waals surface area contributed by atoms with Gasteiger partial charge in [-0.25, -0.2) is 4.68 Å². The molecule has 0 spiro atoms. The number of halogens is 1. The molecule has 2 heterocycles. The molecule has 1 saturated heterocycles. The number of rotatable bonds is 8. The summed E-state index contributed by atoms with van der Waals surface area (Å²) in [7, 11) is 0. The quantitative estimate of drug-likeness (QED) is 0.761. The SMILES string of the molecule is CCCCC(CCC)NC(=O)c1cn(C2CCNCC2)nn1.Cl. The van der Waals surface area contributed by atoms with Crippen LogP contribution in [0.3, 0.4) is 0 Å². The average molecular weight is 344 g/mol. The molecule has 1 atom stereocenters. The van der Waals surface area contributed by atoms with Crippen LogP contribution in [0.15, 0.2) is 6.20 Å².